The van der Waals surface area contributed by atoms with Gasteiger partial charge < -0.3 is 9.88 Å². The lowest BCUT2D eigenvalue weighted by molar-refractivity contribution is 0.100. The van der Waals surface area contributed by atoms with Crippen molar-refractivity contribution in [2.75, 3.05) is 5.32 Å². The number of aromatic nitrogens is 4. The minimum absolute atomic E-state index is 0.0682. The summed E-state index contributed by atoms with van der Waals surface area (Å²) in [6, 6.07) is 16.3. The molecule has 0 aliphatic heterocycles. The average Bonchev–Trinajstić information content (AvgIpc) is 3.59. The van der Waals surface area contributed by atoms with Gasteiger partial charge in [-0.2, -0.15) is 0 Å². The molecule has 7 heteroatoms. The number of anilines is 1. The van der Waals surface area contributed by atoms with Crippen molar-refractivity contribution >= 4 is 34.4 Å². The lowest BCUT2D eigenvalue weighted by Gasteiger charge is -2.21. The van der Waals surface area contributed by atoms with Crippen LogP contribution >= 0.6 is 11.6 Å². The number of fused-ring (bicyclic) bond motifs is 1. The van der Waals surface area contributed by atoms with Crippen LogP contribution in [0.15, 0.2) is 48.5 Å². The van der Waals surface area contributed by atoms with E-state index in [1.807, 2.05) is 30.3 Å². The monoisotopic (exact) mass is 473 g/mol. The van der Waals surface area contributed by atoms with Crippen molar-refractivity contribution in [1.29, 1.82) is 0 Å². The molecule has 0 amide bonds. The molecule has 6 nitrogen and oxygen atoms in total. The van der Waals surface area contributed by atoms with Gasteiger partial charge in [0.15, 0.2) is 23.1 Å². The Bertz CT molecular complexity index is 1370. The van der Waals surface area contributed by atoms with Gasteiger partial charge in [-0.3, -0.25) is 4.79 Å². The van der Waals surface area contributed by atoms with Crippen LogP contribution in [-0.4, -0.2) is 31.3 Å². The van der Waals surface area contributed by atoms with Gasteiger partial charge in [0.2, 0.25) is 0 Å². The van der Waals surface area contributed by atoms with Crippen molar-refractivity contribution in [1.82, 2.24) is 19.5 Å². The smallest absolute Gasteiger partial charge is 0.199 e. The molecule has 0 saturated heterocycles. The van der Waals surface area contributed by atoms with Gasteiger partial charge in [-0.25, -0.2) is 15.0 Å². The first-order chi connectivity index (χ1) is 16.3. The number of hydrogen-bond acceptors (Lipinski definition) is 5. The number of halogens is 1. The zero-order chi connectivity index (χ0) is 24.0. The molecule has 2 atom stereocenters. The third-order valence-electron chi connectivity index (χ3n) is 6.57. The molecule has 174 valence electrons. The van der Waals surface area contributed by atoms with Crippen molar-refractivity contribution < 1.29 is 4.79 Å². The molecule has 0 radical (unpaired) electrons. The number of nitrogens with one attached hydrogen (secondary N) is 1. The molecule has 5 rings (SSSR count). The summed E-state index contributed by atoms with van der Waals surface area (Å²) < 4.78 is 2.18. The summed E-state index contributed by atoms with van der Waals surface area (Å²) in [5, 5.41) is 4.28. The first-order valence-corrected chi connectivity index (χ1v) is 12.1. The Morgan fingerprint density at radius 2 is 1.82 bits per heavy atom. The summed E-state index contributed by atoms with van der Waals surface area (Å²) in [5.41, 5.74) is 4.55. The van der Waals surface area contributed by atoms with Crippen LogP contribution in [0.4, 0.5) is 5.82 Å². The maximum absolute atomic E-state index is 12.3. The number of carbonyl (C=O) groups is 1. The van der Waals surface area contributed by atoms with Crippen LogP contribution in [0.3, 0.4) is 0 Å². The maximum Gasteiger partial charge on any atom is 0.199 e. The van der Waals surface area contributed by atoms with E-state index in [9.17, 15) is 4.79 Å². The maximum atomic E-state index is 12.3. The highest BCUT2D eigenvalue weighted by atomic mass is 35.5. The highest BCUT2D eigenvalue weighted by Crippen LogP contribution is 2.37. The number of benzene rings is 2. The van der Waals surface area contributed by atoms with Gasteiger partial charge in [0.25, 0.3) is 0 Å². The van der Waals surface area contributed by atoms with E-state index in [0.717, 1.165) is 28.0 Å². The number of imidazole rings is 1. The SMILES string of the molecule is CC(=O)c1nc(N[C@H](C)C2CC2)c2c(n1)nc(-c1cccc(C)c1)n2C(C)c1ccc(Cl)cc1. The van der Waals surface area contributed by atoms with Gasteiger partial charge in [-0.1, -0.05) is 47.5 Å². The first kappa shape index (κ1) is 22.5. The standard InChI is InChI=1S/C27H28ClN5O/c1-15-6-5-7-21(14-15)27-32-26-23(33(27)17(3)20-10-12-22(28)13-11-20)25(29-16(2)19-8-9-19)30-24(31-26)18(4)34/h5-7,10-14,16-17,19H,8-9H2,1-4H3,(H,29,30,31)/t16-,17?/m1/s1. The van der Waals surface area contributed by atoms with Crippen molar-refractivity contribution in [2.45, 2.75) is 52.6 Å². The van der Waals surface area contributed by atoms with Gasteiger partial charge in [-0.15, -0.1) is 0 Å². The highest BCUT2D eigenvalue weighted by molar-refractivity contribution is 6.30. The van der Waals surface area contributed by atoms with E-state index in [0.29, 0.717) is 22.4 Å². The number of hydrogen-bond donors (Lipinski definition) is 1. The van der Waals surface area contributed by atoms with Crippen molar-refractivity contribution in [3.8, 4) is 11.4 Å². The third-order valence-corrected chi connectivity index (χ3v) is 6.82. The van der Waals surface area contributed by atoms with E-state index in [4.69, 9.17) is 16.6 Å². The van der Waals surface area contributed by atoms with Crippen LogP contribution in [0.25, 0.3) is 22.6 Å². The van der Waals surface area contributed by atoms with Crippen LogP contribution in [0.2, 0.25) is 5.02 Å². The van der Waals surface area contributed by atoms with E-state index >= 15 is 0 Å². The summed E-state index contributed by atoms with van der Waals surface area (Å²) in [5.74, 6) is 2.06. The van der Waals surface area contributed by atoms with Gasteiger partial charge in [0.05, 0.1) is 6.04 Å². The molecule has 4 aromatic rings. The number of carbonyl (C=O) groups excluding carboxylic acids is 1. The summed E-state index contributed by atoms with van der Waals surface area (Å²) >= 11 is 6.16. The van der Waals surface area contributed by atoms with Crippen LogP contribution in [-0.2, 0) is 0 Å². The van der Waals surface area contributed by atoms with Crippen LogP contribution in [0.5, 0.6) is 0 Å². The first-order valence-electron chi connectivity index (χ1n) is 11.7. The Hall–Kier alpha value is -3.25. The van der Waals surface area contributed by atoms with Crippen LogP contribution in [0, 0.1) is 12.8 Å². The number of ketones is 1. The Kier molecular flexibility index (Phi) is 5.86. The predicted molar refractivity (Wildman–Crippen MR) is 137 cm³/mol. The molecule has 1 fully saturated rings. The molecule has 1 saturated carbocycles. The minimum atomic E-state index is -0.179. The summed E-state index contributed by atoms with van der Waals surface area (Å²) in [6.07, 6.45) is 2.41. The number of rotatable bonds is 7. The summed E-state index contributed by atoms with van der Waals surface area (Å²) in [4.78, 5) is 26.5. The normalized spacial score (nSPS) is 15.3. The second-order valence-corrected chi connectivity index (χ2v) is 9.73. The molecule has 2 aromatic carbocycles. The van der Waals surface area contributed by atoms with E-state index < -0.39 is 0 Å². The topological polar surface area (TPSA) is 72.7 Å². The predicted octanol–water partition coefficient (Wildman–Crippen LogP) is 6.48. The van der Waals surface area contributed by atoms with Gasteiger partial charge in [-0.05, 0) is 63.3 Å². The summed E-state index contributed by atoms with van der Waals surface area (Å²) in [6.45, 7) is 7.86. The minimum Gasteiger partial charge on any atom is -0.365 e. The number of nitrogens with zero attached hydrogens (tertiary/aromatic N) is 4. The van der Waals surface area contributed by atoms with Crippen LogP contribution < -0.4 is 5.32 Å². The Morgan fingerprint density at radius 3 is 2.47 bits per heavy atom. The third kappa shape index (κ3) is 4.30. The molecule has 34 heavy (non-hydrogen) atoms. The fraction of sp³-hybridized carbons (Fsp3) is 0.333. The van der Waals surface area contributed by atoms with Crippen molar-refractivity contribution in [2.24, 2.45) is 5.92 Å². The molecular weight excluding hydrogens is 446 g/mol. The van der Waals surface area contributed by atoms with Gasteiger partial charge >= 0.3 is 0 Å². The van der Waals surface area contributed by atoms with Crippen molar-refractivity contribution in [3.63, 3.8) is 0 Å². The van der Waals surface area contributed by atoms with Crippen molar-refractivity contribution in [3.05, 3.63) is 70.5 Å². The molecule has 1 aliphatic rings. The average molecular weight is 474 g/mol. The molecule has 1 N–H and O–H groups in total. The Labute approximate surface area is 204 Å². The number of Topliss-reactive ketones (excluding diaryl/α,β-unsaturated/α-hetero) is 1. The molecular formula is C27H28ClN5O. The number of aryl methyl sites for hydroxylation is 1. The Balaban J connectivity index is 1.78. The lowest BCUT2D eigenvalue weighted by atomic mass is 10.1. The highest BCUT2D eigenvalue weighted by Gasteiger charge is 2.30. The van der Waals surface area contributed by atoms with Gasteiger partial charge in [0, 0.05) is 23.6 Å². The van der Waals surface area contributed by atoms with Crippen LogP contribution in [0.1, 0.15) is 61.4 Å². The van der Waals surface area contributed by atoms with Gasteiger partial charge in [0.1, 0.15) is 11.3 Å². The van der Waals surface area contributed by atoms with E-state index in [1.54, 1.807) is 0 Å². The molecule has 2 aromatic heterocycles. The molecule has 2 heterocycles. The second kappa shape index (κ2) is 8.84. The molecule has 1 unspecified atom stereocenters. The van der Waals surface area contributed by atoms with E-state index in [-0.39, 0.29) is 23.7 Å². The quantitative estimate of drug-likeness (QED) is 0.311. The largest absolute Gasteiger partial charge is 0.365 e. The van der Waals surface area contributed by atoms with E-state index in [2.05, 4.69) is 58.8 Å². The fourth-order valence-electron chi connectivity index (χ4n) is 4.45. The molecule has 0 bridgehead atoms. The lowest BCUT2D eigenvalue weighted by Crippen LogP contribution is -2.20. The Morgan fingerprint density at radius 1 is 1.09 bits per heavy atom. The molecule has 0 spiro atoms. The van der Waals surface area contributed by atoms with E-state index in [1.165, 1.54) is 19.8 Å². The molecule has 1 aliphatic carbocycles. The summed E-state index contributed by atoms with van der Waals surface area (Å²) in [7, 11) is 0. The zero-order valence-electron chi connectivity index (χ0n) is 19.8. The second-order valence-electron chi connectivity index (χ2n) is 9.30. The zero-order valence-corrected chi connectivity index (χ0v) is 20.6. The fourth-order valence-corrected chi connectivity index (χ4v) is 4.57.